The number of allylic oxidation sites excluding steroid dienone is 1. The van der Waals surface area contributed by atoms with Crippen molar-refractivity contribution in [2.75, 3.05) is 5.32 Å². The van der Waals surface area contributed by atoms with Gasteiger partial charge in [0.1, 0.15) is 0 Å². The zero-order valence-corrected chi connectivity index (χ0v) is 11.9. The van der Waals surface area contributed by atoms with Crippen molar-refractivity contribution in [2.24, 2.45) is 0 Å². The van der Waals surface area contributed by atoms with Crippen LogP contribution in [0.15, 0.2) is 48.3 Å². The first-order valence-electron chi connectivity index (χ1n) is 7.42. The third-order valence-electron chi connectivity index (χ3n) is 3.78. The predicted molar refractivity (Wildman–Crippen MR) is 85.1 cm³/mol. The number of nitrogens with zero attached hydrogens (tertiary/aromatic N) is 1. The fourth-order valence-electron chi connectivity index (χ4n) is 2.68. The highest BCUT2D eigenvalue weighted by molar-refractivity contribution is 5.99. The van der Waals surface area contributed by atoms with E-state index in [4.69, 9.17) is 0 Å². The number of aromatic nitrogens is 1. The van der Waals surface area contributed by atoms with Gasteiger partial charge >= 0.3 is 6.03 Å². The summed E-state index contributed by atoms with van der Waals surface area (Å²) in [6.45, 7) is 0. The van der Waals surface area contributed by atoms with Crippen LogP contribution in [0.3, 0.4) is 0 Å². The van der Waals surface area contributed by atoms with Crippen molar-refractivity contribution in [3.05, 3.63) is 48.3 Å². The Bertz CT molecular complexity index is 665. The Balaban J connectivity index is 1.69. The van der Waals surface area contributed by atoms with Gasteiger partial charge in [-0.25, -0.2) is 4.79 Å². The van der Waals surface area contributed by atoms with Crippen molar-refractivity contribution >= 4 is 22.6 Å². The zero-order chi connectivity index (χ0) is 14.5. The van der Waals surface area contributed by atoms with Crippen LogP contribution in [0, 0.1) is 0 Å². The Morgan fingerprint density at radius 1 is 1.10 bits per heavy atom. The molecule has 1 saturated carbocycles. The quantitative estimate of drug-likeness (QED) is 0.866. The Hall–Kier alpha value is -2.36. The molecule has 108 valence electrons. The minimum absolute atomic E-state index is 0.216. The van der Waals surface area contributed by atoms with Crippen LogP contribution < -0.4 is 10.6 Å². The van der Waals surface area contributed by atoms with E-state index in [2.05, 4.69) is 15.6 Å². The van der Waals surface area contributed by atoms with E-state index >= 15 is 0 Å². The minimum Gasteiger partial charge on any atom is -0.314 e. The van der Waals surface area contributed by atoms with Crippen LogP contribution in [0.4, 0.5) is 10.5 Å². The number of amides is 2. The molecule has 1 aromatic heterocycles. The molecule has 4 heteroatoms. The predicted octanol–water partition coefficient (Wildman–Crippen LogP) is 4.20. The molecule has 0 radical (unpaired) electrons. The van der Waals surface area contributed by atoms with Crippen molar-refractivity contribution in [2.45, 2.75) is 32.1 Å². The fraction of sp³-hybridized carbons (Fsp3) is 0.294. The lowest BCUT2D eigenvalue weighted by Crippen LogP contribution is -2.24. The van der Waals surface area contributed by atoms with E-state index in [-0.39, 0.29) is 6.03 Å². The van der Waals surface area contributed by atoms with Gasteiger partial charge in [-0.1, -0.05) is 30.2 Å². The Labute approximate surface area is 124 Å². The number of para-hydroxylation sites is 1. The molecular weight excluding hydrogens is 262 g/mol. The molecule has 0 aliphatic heterocycles. The smallest absolute Gasteiger partial charge is 0.314 e. The molecule has 0 unspecified atom stereocenters. The van der Waals surface area contributed by atoms with Crippen LogP contribution in [0.5, 0.6) is 0 Å². The lowest BCUT2D eigenvalue weighted by Gasteiger charge is -2.14. The van der Waals surface area contributed by atoms with Crippen molar-refractivity contribution < 1.29 is 4.79 Å². The molecule has 2 N–H and O–H groups in total. The third kappa shape index (κ3) is 3.40. The number of carbonyl (C=O) groups excluding carboxylic acids is 1. The van der Waals surface area contributed by atoms with E-state index in [9.17, 15) is 4.79 Å². The molecule has 1 aromatic carbocycles. The number of carbonyl (C=O) groups is 1. The summed E-state index contributed by atoms with van der Waals surface area (Å²) < 4.78 is 0. The maximum Gasteiger partial charge on any atom is 0.323 e. The van der Waals surface area contributed by atoms with Crippen LogP contribution >= 0.6 is 0 Å². The number of pyridine rings is 1. The Morgan fingerprint density at radius 2 is 1.90 bits per heavy atom. The summed E-state index contributed by atoms with van der Waals surface area (Å²) in [6.07, 6.45) is 9.52. The van der Waals surface area contributed by atoms with Gasteiger partial charge in [-0.15, -0.1) is 0 Å². The number of hydrogen-bond acceptors (Lipinski definition) is 2. The monoisotopic (exact) mass is 281 g/mol. The average molecular weight is 281 g/mol. The molecule has 21 heavy (non-hydrogen) atoms. The summed E-state index contributed by atoms with van der Waals surface area (Å²) in [5.41, 5.74) is 2.86. The lowest BCUT2D eigenvalue weighted by molar-refractivity contribution is 0.255. The van der Waals surface area contributed by atoms with Gasteiger partial charge in [0.25, 0.3) is 0 Å². The summed E-state index contributed by atoms with van der Waals surface area (Å²) in [6, 6.07) is 9.41. The van der Waals surface area contributed by atoms with Crippen LogP contribution in [-0.4, -0.2) is 11.0 Å². The first-order chi connectivity index (χ1) is 10.3. The summed E-state index contributed by atoms with van der Waals surface area (Å²) in [7, 11) is 0. The third-order valence-corrected chi connectivity index (χ3v) is 3.78. The molecule has 1 aliphatic carbocycles. The van der Waals surface area contributed by atoms with Crippen LogP contribution in [0.2, 0.25) is 0 Å². The highest BCUT2D eigenvalue weighted by atomic mass is 16.2. The molecule has 0 atom stereocenters. The standard InChI is InChI=1S/C17H19N3O/c21-17(19-12-13-6-2-1-3-7-13)20-15-10-4-8-14-9-5-11-18-16(14)15/h4-5,8-12H,1-3,6-7H2,(H2,19,20,21). The molecule has 1 aliphatic rings. The molecule has 2 aromatic rings. The second-order valence-corrected chi connectivity index (χ2v) is 5.34. The molecule has 1 fully saturated rings. The molecule has 0 spiro atoms. The Morgan fingerprint density at radius 3 is 2.76 bits per heavy atom. The molecule has 2 amide bonds. The minimum atomic E-state index is -0.216. The molecular formula is C17H19N3O. The molecule has 0 saturated heterocycles. The fourth-order valence-corrected chi connectivity index (χ4v) is 2.68. The number of fused-ring (bicyclic) bond motifs is 1. The number of rotatable bonds is 2. The second-order valence-electron chi connectivity index (χ2n) is 5.34. The number of urea groups is 1. The largest absolute Gasteiger partial charge is 0.323 e. The average Bonchev–Trinajstić information content (AvgIpc) is 2.54. The number of hydrogen-bond donors (Lipinski definition) is 2. The molecule has 4 nitrogen and oxygen atoms in total. The van der Waals surface area contributed by atoms with E-state index in [0.717, 1.165) is 29.4 Å². The highest BCUT2D eigenvalue weighted by Gasteiger charge is 2.07. The van der Waals surface area contributed by atoms with Gasteiger partial charge in [-0.05, 0) is 37.8 Å². The number of benzene rings is 1. The zero-order valence-electron chi connectivity index (χ0n) is 11.9. The van der Waals surface area contributed by atoms with Gasteiger partial charge < -0.3 is 10.6 Å². The van der Waals surface area contributed by atoms with Gasteiger partial charge in [0.05, 0.1) is 11.2 Å². The topological polar surface area (TPSA) is 54.0 Å². The maximum atomic E-state index is 12.0. The Kier molecular flexibility index (Phi) is 4.15. The second kappa shape index (κ2) is 6.39. The van der Waals surface area contributed by atoms with E-state index in [1.165, 1.54) is 24.8 Å². The van der Waals surface area contributed by atoms with Crippen LogP contribution in [0.25, 0.3) is 10.9 Å². The molecule has 3 rings (SSSR count). The summed E-state index contributed by atoms with van der Waals surface area (Å²) in [4.78, 5) is 16.3. The summed E-state index contributed by atoms with van der Waals surface area (Å²) in [5.74, 6) is 0. The maximum absolute atomic E-state index is 12.0. The van der Waals surface area contributed by atoms with Gasteiger partial charge in [0.15, 0.2) is 0 Å². The lowest BCUT2D eigenvalue weighted by atomic mass is 9.96. The number of nitrogens with one attached hydrogen (secondary N) is 2. The normalized spacial score (nSPS) is 14.8. The van der Waals surface area contributed by atoms with Crippen molar-refractivity contribution in [1.29, 1.82) is 0 Å². The first-order valence-corrected chi connectivity index (χ1v) is 7.42. The van der Waals surface area contributed by atoms with Gasteiger partial charge in [0, 0.05) is 17.8 Å². The number of anilines is 1. The van der Waals surface area contributed by atoms with Crippen LogP contribution in [0.1, 0.15) is 32.1 Å². The van der Waals surface area contributed by atoms with Gasteiger partial charge in [0.2, 0.25) is 0 Å². The first kappa shape index (κ1) is 13.6. The van der Waals surface area contributed by atoms with E-state index in [1.807, 2.05) is 36.5 Å². The summed E-state index contributed by atoms with van der Waals surface area (Å²) >= 11 is 0. The highest BCUT2D eigenvalue weighted by Crippen LogP contribution is 2.22. The van der Waals surface area contributed by atoms with E-state index < -0.39 is 0 Å². The van der Waals surface area contributed by atoms with Crippen molar-refractivity contribution in [3.63, 3.8) is 0 Å². The van der Waals surface area contributed by atoms with Gasteiger partial charge in [-0.3, -0.25) is 4.98 Å². The van der Waals surface area contributed by atoms with Crippen LogP contribution in [-0.2, 0) is 0 Å². The van der Waals surface area contributed by atoms with Gasteiger partial charge in [-0.2, -0.15) is 0 Å². The summed E-state index contributed by atoms with van der Waals surface area (Å²) in [5, 5.41) is 6.71. The van der Waals surface area contributed by atoms with E-state index in [0.29, 0.717) is 0 Å². The van der Waals surface area contributed by atoms with Crippen molar-refractivity contribution in [3.8, 4) is 0 Å². The molecule has 0 bridgehead atoms. The SMILES string of the molecule is O=C(NC=C1CCCCC1)Nc1cccc2cccnc12. The molecule has 1 heterocycles. The van der Waals surface area contributed by atoms with E-state index in [1.54, 1.807) is 6.20 Å². The van der Waals surface area contributed by atoms with Crippen molar-refractivity contribution in [1.82, 2.24) is 10.3 Å².